The minimum Gasteiger partial charge on any atom is -0.356 e. The molecule has 0 unspecified atom stereocenters. The lowest BCUT2D eigenvalue weighted by molar-refractivity contribution is -0.121. The van der Waals surface area contributed by atoms with Gasteiger partial charge in [-0.3, -0.25) is 4.79 Å². The lowest BCUT2D eigenvalue weighted by Gasteiger charge is -2.27. The molecule has 0 spiro atoms. The number of benzene rings is 1. The molecule has 1 amide bonds. The van der Waals surface area contributed by atoms with Crippen molar-refractivity contribution in [1.29, 1.82) is 0 Å². The van der Waals surface area contributed by atoms with E-state index in [9.17, 15) is 4.79 Å². The molecule has 1 aliphatic heterocycles. The molecular formula is C14H21ClN2O. The van der Waals surface area contributed by atoms with Crippen LogP contribution in [0.25, 0.3) is 0 Å². The Morgan fingerprint density at radius 1 is 1.33 bits per heavy atom. The molecule has 0 saturated carbocycles. The van der Waals surface area contributed by atoms with Crippen LogP contribution < -0.4 is 10.6 Å². The maximum absolute atomic E-state index is 11.6. The van der Waals surface area contributed by atoms with Crippen molar-refractivity contribution in [2.45, 2.75) is 19.8 Å². The number of amides is 1. The Morgan fingerprint density at radius 3 is 2.56 bits per heavy atom. The molecule has 2 N–H and O–H groups in total. The van der Waals surface area contributed by atoms with Crippen molar-refractivity contribution in [3.8, 4) is 0 Å². The Balaban J connectivity index is 0.00000162. The van der Waals surface area contributed by atoms with E-state index in [1.807, 2.05) is 0 Å². The van der Waals surface area contributed by atoms with Crippen LogP contribution in [0.1, 0.15) is 17.5 Å². The van der Waals surface area contributed by atoms with Gasteiger partial charge in [0, 0.05) is 32.0 Å². The van der Waals surface area contributed by atoms with Gasteiger partial charge in [0.1, 0.15) is 0 Å². The minimum absolute atomic E-state index is 0. The van der Waals surface area contributed by atoms with Crippen molar-refractivity contribution >= 4 is 18.3 Å². The highest BCUT2D eigenvalue weighted by atomic mass is 35.5. The van der Waals surface area contributed by atoms with E-state index in [0.29, 0.717) is 12.3 Å². The minimum atomic E-state index is 0. The Hall–Kier alpha value is -1.06. The van der Waals surface area contributed by atoms with Crippen LogP contribution in [0.4, 0.5) is 0 Å². The third-order valence-corrected chi connectivity index (χ3v) is 3.22. The summed E-state index contributed by atoms with van der Waals surface area (Å²) < 4.78 is 0. The van der Waals surface area contributed by atoms with Crippen molar-refractivity contribution < 1.29 is 4.79 Å². The molecule has 0 bridgehead atoms. The molecule has 0 radical (unpaired) electrons. The van der Waals surface area contributed by atoms with Crippen molar-refractivity contribution in [2.24, 2.45) is 5.92 Å². The number of hydrogen-bond donors (Lipinski definition) is 2. The maximum atomic E-state index is 11.6. The van der Waals surface area contributed by atoms with Crippen LogP contribution in [0, 0.1) is 12.8 Å². The fourth-order valence-corrected chi connectivity index (χ4v) is 1.85. The van der Waals surface area contributed by atoms with E-state index in [-0.39, 0.29) is 18.3 Å². The van der Waals surface area contributed by atoms with Gasteiger partial charge in [-0.05, 0) is 18.9 Å². The Labute approximate surface area is 115 Å². The summed E-state index contributed by atoms with van der Waals surface area (Å²) in [6.07, 6.45) is 1.41. The number of hydrogen-bond acceptors (Lipinski definition) is 2. The molecular weight excluding hydrogens is 248 g/mol. The molecule has 0 atom stereocenters. The monoisotopic (exact) mass is 268 g/mol. The van der Waals surface area contributed by atoms with Crippen LogP contribution in [-0.2, 0) is 11.2 Å². The molecule has 1 heterocycles. The molecule has 2 rings (SSSR count). The van der Waals surface area contributed by atoms with Gasteiger partial charge in [0.25, 0.3) is 0 Å². The number of halogens is 1. The summed E-state index contributed by atoms with van der Waals surface area (Å²) in [4.78, 5) is 11.6. The zero-order valence-electron chi connectivity index (χ0n) is 10.7. The van der Waals surface area contributed by atoms with E-state index >= 15 is 0 Å². The number of aryl methyl sites for hydroxylation is 2. The first kappa shape index (κ1) is 15.0. The van der Waals surface area contributed by atoms with E-state index in [1.165, 1.54) is 11.1 Å². The summed E-state index contributed by atoms with van der Waals surface area (Å²) in [6, 6.07) is 8.37. The lowest BCUT2D eigenvalue weighted by atomic mass is 10.0. The van der Waals surface area contributed by atoms with E-state index in [4.69, 9.17) is 0 Å². The van der Waals surface area contributed by atoms with E-state index in [0.717, 1.165) is 26.1 Å². The van der Waals surface area contributed by atoms with Gasteiger partial charge >= 0.3 is 0 Å². The average Bonchev–Trinajstić information content (AvgIpc) is 2.26. The number of carbonyl (C=O) groups is 1. The van der Waals surface area contributed by atoms with Crippen LogP contribution in [0.3, 0.4) is 0 Å². The van der Waals surface area contributed by atoms with Gasteiger partial charge in [-0.2, -0.15) is 0 Å². The lowest BCUT2D eigenvalue weighted by Crippen LogP contribution is -2.48. The van der Waals surface area contributed by atoms with Crippen LogP contribution in [0.2, 0.25) is 0 Å². The topological polar surface area (TPSA) is 41.1 Å². The van der Waals surface area contributed by atoms with Gasteiger partial charge in [0.05, 0.1) is 0 Å². The molecule has 1 aliphatic rings. The van der Waals surface area contributed by atoms with Gasteiger partial charge in [0.2, 0.25) is 5.91 Å². The van der Waals surface area contributed by atoms with Crippen LogP contribution >= 0.6 is 12.4 Å². The molecule has 1 saturated heterocycles. The average molecular weight is 269 g/mol. The molecule has 18 heavy (non-hydrogen) atoms. The molecule has 4 heteroatoms. The summed E-state index contributed by atoms with van der Waals surface area (Å²) in [5.74, 6) is 0.802. The maximum Gasteiger partial charge on any atom is 0.220 e. The van der Waals surface area contributed by atoms with Gasteiger partial charge < -0.3 is 10.6 Å². The molecule has 1 aromatic rings. The zero-order chi connectivity index (χ0) is 12.1. The fraction of sp³-hybridized carbons (Fsp3) is 0.500. The molecule has 1 aromatic carbocycles. The van der Waals surface area contributed by atoms with Gasteiger partial charge in [-0.1, -0.05) is 29.8 Å². The second-order valence-electron chi connectivity index (χ2n) is 4.81. The predicted octanol–water partition coefficient (Wildman–Crippen LogP) is 1.69. The summed E-state index contributed by atoms with van der Waals surface area (Å²) in [6.45, 7) is 4.97. The van der Waals surface area contributed by atoms with E-state index < -0.39 is 0 Å². The zero-order valence-corrected chi connectivity index (χ0v) is 11.6. The molecule has 100 valence electrons. The summed E-state index contributed by atoms with van der Waals surface area (Å²) in [5, 5.41) is 6.18. The normalized spacial score (nSPS) is 14.5. The summed E-state index contributed by atoms with van der Waals surface area (Å²) in [7, 11) is 0. The Kier molecular flexibility index (Phi) is 6.16. The first-order valence-electron chi connectivity index (χ1n) is 6.27. The number of nitrogens with one attached hydrogen (secondary N) is 2. The Bertz CT molecular complexity index is 374. The summed E-state index contributed by atoms with van der Waals surface area (Å²) >= 11 is 0. The standard InChI is InChI=1S/C14H20N2O.ClH/c1-11-2-4-12(5-3-11)6-7-14(17)16-10-13-8-15-9-13;/h2-5,13,15H,6-10H2,1H3,(H,16,17);1H. The van der Waals surface area contributed by atoms with Gasteiger partial charge in [0.15, 0.2) is 0 Å². The van der Waals surface area contributed by atoms with E-state index in [1.54, 1.807) is 0 Å². The fourth-order valence-electron chi connectivity index (χ4n) is 1.85. The van der Waals surface area contributed by atoms with Crippen molar-refractivity contribution in [2.75, 3.05) is 19.6 Å². The third-order valence-electron chi connectivity index (χ3n) is 3.22. The molecule has 0 aliphatic carbocycles. The van der Waals surface area contributed by atoms with Crippen LogP contribution in [0.5, 0.6) is 0 Å². The van der Waals surface area contributed by atoms with Gasteiger partial charge in [-0.25, -0.2) is 0 Å². The molecule has 3 nitrogen and oxygen atoms in total. The first-order chi connectivity index (χ1) is 8.24. The van der Waals surface area contributed by atoms with Crippen LogP contribution in [0.15, 0.2) is 24.3 Å². The van der Waals surface area contributed by atoms with E-state index in [2.05, 4.69) is 41.8 Å². The molecule has 0 aromatic heterocycles. The second-order valence-corrected chi connectivity index (χ2v) is 4.81. The highest BCUT2D eigenvalue weighted by Gasteiger charge is 2.16. The smallest absolute Gasteiger partial charge is 0.220 e. The highest BCUT2D eigenvalue weighted by Crippen LogP contribution is 2.06. The Morgan fingerprint density at radius 2 is 2.00 bits per heavy atom. The number of rotatable bonds is 5. The second kappa shape index (κ2) is 7.39. The third kappa shape index (κ3) is 4.67. The van der Waals surface area contributed by atoms with Crippen molar-refractivity contribution in [3.05, 3.63) is 35.4 Å². The summed E-state index contributed by atoms with van der Waals surface area (Å²) in [5.41, 5.74) is 2.49. The predicted molar refractivity (Wildman–Crippen MR) is 76.1 cm³/mol. The first-order valence-corrected chi connectivity index (χ1v) is 6.27. The van der Waals surface area contributed by atoms with Crippen LogP contribution in [-0.4, -0.2) is 25.5 Å². The SMILES string of the molecule is Cc1ccc(CCC(=O)NCC2CNC2)cc1.Cl. The highest BCUT2D eigenvalue weighted by molar-refractivity contribution is 5.85. The largest absolute Gasteiger partial charge is 0.356 e. The van der Waals surface area contributed by atoms with Gasteiger partial charge in [-0.15, -0.1) is 12.4 Å². The van der Waals surface area contributed by atoms with Crippen molar-refractivity contribution in [3.63, 3.8) is 0 Å². The number of carbonyl (C=O) groups excluding carboxylic acids is 1. The molecule has 1 fully saturated rings. The quantitative estimate of drug-likeness (QED) is 0.853. The van der Waals surface area contributed by atoms with Crippen molar-refractivity contribution in [1.82, 2.24) is 10.6 Å².